The summed E-state index contributed by atoms with van der Waals surface area (Å²) in [5.74, 6) is 1.77. The van der Waals surface area contributed by atoms with Gasteiger partial charge in [0.2, 0.25) is 0 Å². The van der Waals surface area contributed by atoms with E-state index in [1.165, 1.54) is 24.8 Å². The van der Waals surface area contributed by atoms with Gasteiger partial charge in [0.05, 0.1) is 8.80 Å². The van der Waals surface area contributed by atoms with Crippen LogP contribution in [0.15, 0.2) is 30.0 Å². The molecule has 0 N–H and O–H groups in total. The maximum absolute atomic E-state index is 2.51. The highest BCUT2D eigenvalue weighted by molar-refractivity contribution is 6.62. The molecule has 3 aliphatic rings. The van der Waals surface area contributed by atoms with E-state index in [9.17, 15) is 0 Å². The molecule has 21 heavy (non-hydrogen) atoms. The van der Waals surface area contributed by atoms with Crippen molar-refractivity contribution in [1.29, 1.82) is 0 Å². The second-order valence-electron chi connectivity index (χ2n) is 8.30. The van der Waals surface area contributed by atoms with Crippen molar-refractivity contribution in [3.63, 3.8) is 0 Å². The standard InChI is InChI=1S/C20H30Si/c1-15-6-9-18-14-20(15,19(18,2)3)17-10-7-16(8-11-17)12-13-21(4)5/h7-8,10-13,15,18,21H,6,9,14H2,1-5H3. The Balaban J connectivity index is 1.90. The van der Waals surface area contributed by atoms with Crippen LogP contribution in [-0.4, -0.2) is 8.80 Å². The van der Waals surface area contributed by atoms with Gasteiger partial charge in [0.15, 0.2) is 0 Å². The van der Waals surface area contributed by atoms with Crippen LogP contribution in [0.4, 0.5) is 0 Å². The zero-order chi connectivity index (χ0) is 15.3. The van der Waals surface area contributed by atoms with Gasteiger partial charge >= 0.3 is 0 Å². The van der Waals surface area contributed by atoms with Crippen LogP contribution in [0.5, 0.6) is 0 Å². The second kappa shape index (κ2) is 5.12. The average Bonchev–Trinajstić information content (AvgIpc) is 2.45. The van der Waals surface area contributed by atoms with Gasteiger partial charge in [0, 0.05) is 5.41 Å². The zero-order valence-corrected chi connectivity index (χ0v) is 15.5. The van der Waals surface area contributed by atoms with Crippen molar-refractivity contribution >= 4 is 14.9 Å². The van der Waals surface area contributed by atoms with E-state index < -0.39 is 8.80 Å². The minimum atomic E-state index is -0.598. The number of hydrogen-bond acceptors (Lipinski definition) is 0. The average molecular weight is 299 g/mol. The lowest BCUT2D eigenvalue weighted by atomic mass is 9.35. The van der Waals surface area contributed by atoms with E-state index in [1.54, 1.807) is 5.56 Å². The van der Waals surface area contributed by atoms with Gasteiger partial charge in [-0.3, -0.25) is 0 Å². The lowest BCUT2D eigenvalue weighted by Gasteiger charge is -2.69. The predicted octanol–water partition coefficient (Wildman–Crippen LogP) is 5.44. The molecule has 3 fully saturated rings. The van der Waals surface area contributed by atoms with Gasteiger partial charge in [-0.05, 0) is 47.6 Å². The topological polar surface area (TPSA) is 0 Å². The van der Waals surface area contributed by atoms with Crippen LogP contribution in [-0.2, 0) is 5.41 Å². The number of rotatable bonds is 3. The molecule has 3 atom stereocenters. The fourth-order valence-electron chi connectivity index (χ4n) is 5.11. The molecule has 1 heteroatoms. The minimum absolute atomic E-state index is 0.435. The number of fused-ring (bicyclic) bond motifs is 2. The van der Waals surface area contributed by atoms with E-state index >= 15 is 0 Å². The van der Waals surface area contributed by atoms with Crippen molar-refractivity contribution in [2.24, 2.45) is 17.3 Å². The normalized spacial score (nSPS) is 34.2. The lowest BCUT2D eigenvalue weighted by molar-refractivity contribution is -0.133. The van der Waals surface area contributed by atoms with Gasteiger partial charge in [-0.1, -0.05) is 69.9 Å². The van der Waals surface area contributed by atoms with Crippen molar-refractivity contribution < 1.29 is 0 Å². The maximum atomic E-state index is 2.51. The Morgan fingerprint density at radius 1 is 1.10 bits per heavy atom. The minimum Gasteiger partial charge on any atom is -0.0976 e. The predicted molar refractivity (Wildman–Crippen MR) is 96.3 cm³/mol. The fraction of sp³-hybridized carbons (Fsp3) is 0.600. The van der Waals surface area contributed by atoms with Crippen molar-refractivity contribution in [2.75, 3.05) is 0 Å². The molecule has 1 aromatic rings. The van der Waals surface area contributed by atoms with Crippen LogP contribution >= 0.6 is 0 Å². The monoisotopic (exact) mass is 298 g/mol. The fourth-order valence-corrected chi connectivity index (χ4v) is 5.71. The molecule has 0 heterocycles. The molecule has 0 aromatic heterocycles. The van der Waals surface area contributed by atoms with Crippen LogP contribution in [0.25, 0.3) is 6.08 Å². The Morgan fingerprint density at radius 2 is 1.76 bits per heavy atom. The highest BCUT2D eigenvalue weighted by atomic mass is 28.3. The molecule has 0 nitrogen and oxygen atoms in total. The van der Waals surface area contributed by atoms with Crippen molar-refractivity contribution in [3.8, 4) is 0 Å². The van der Waals surface area contributed by atoms with Crippen LogP contribution < -0.4 is 0 Å². The van der Waals surface area contributed by atoms with E-state index in [0.29, 0.717) is 10.8 Å². The Labute approximate surface area is 132 Å². The molecule has 114 valence electrons. The summed E-state index contributed by atoms with van der Waals surface area (Å²) in [6, 6.07) is 9.51. The Morgan fingerprint density at radius 3 is 2.29 bits per heavy atom. The first-order valence-corrected chi connectivity index (χ1v) is 11.6. The third kappa shape index (κ3) is 2.16. The Hall–Kier alpha value is -0.823. The van der Waals surface area contributed by atoms with E-state index in [1.807, 2.05) is 0 Å². The van der Waals surface area contributed by atoms with Crippen molar-refractivity contribution in [2.45, 2.75) is 58.5 Å². The lowest BCUT2D eigenvalue weighted by Crippen LogP contribution is -2.64. The third-order valence-electron chi connectivity index (χ3n) is 6.63. The van der Waals surface area contributed by atoms with Gasteiger partial charge in [-0.25, -0.2) is 0 Å². The molecule has 2 bridgehead atoms. The van der Waals surface area contributed by atoms with E-state index in [4.69, 9.17) is 0 Å². The first-order valence-electron chi connectivity index (χ1n) is 8.66. The summed E-state index contributed by atoms with van der Waals surface area (Å²) in [6.07, 6.45) is 6.58. The largest absolute Gasteiger partial charge is 0.0976 e. The molecule has 3 unspecified atom stereocenters. The van der Waals surface area contributed by atoms with E-state index in [-0.39, 0.29) is 0 Å². The third-order valence-corrected chi connectivity index (χ3v) is 7.59. The maximum Gasteiger partial charge on any atom is 0.0554 e. The molecule has 0 amide bonds. The molecular weight excluding hydrogens is 268 g/mol. The van der Waals surface area contributed by atoms with Crippen molar-refractivity contribution in [1.82, 2.24) is 0 Å². The van der Waals surface area contributed by atoms with Gasteiger partial charge in [-0.15, -0.1) is 0 Å². The summed E-state index contributed by atoms with van der Waals surface area (Å²) in [4.78, 5) is 0. The smallest absolute Gasteiger partial charge is 0.0554 e. The molecule has 0 spiro atoms. The Bertz CT molecular complexity index is 537. The van der Waals surface area contributed by atoms with Gasteiger partial charge < -0.3 is 0 Å². The van der Waals surface area contributed by atoms with Crippen LogP contribution in [0, 0.1) is 17.3 Å². The highest BCUT2D eigenvalue weighted by Crippen LogP contribution is 2.70. The second-order valence-corrected chi connectivity index (χ2v) is 11.2. The van der Waals surface area contributed by atoms with Gasteiger partial charge in [0.25, 0.3) is 0 Å². The summed E-state index contributed by atoms with van der Waals surface area (Å²) >= 11 is 0. The summed E-state index contributed by atoms with van der Waals surface area (Å²) in [5.41, 5.74) is 6.29. The molecule has 3 saturated carbocycles. The summed E-state index contributed by atoms with van der Waals surface area (Å²) in [5, 5.41) is 0. The zero-order valence-electron chi connectivity index (χ0n) is 14.3. The summed E-state index contributed by atoms with van der Waals surface area (Å²) in [7, 11) is -0.598. The highest BCUT2D eigenvalue weighted by Gasteiger charge is 2.64. The van der Waals surface area contributed by atoms with Crippen molar-refractivity contribution in [3.05, 3.63) is 41.1 Å². The van der Waals surface area contributed by atoms with Crippen LogP contribution in [0.1, 0.15) is 51.2 Å². The SMILES string of the molecule is CC1CCC2CC1(c1ccc(C=C[SiH](C)C)cc1)C2(C)C. The molecule has 0 radical (unpaired) electrons. The molecule has 1 aromatic carbocycles. The van der Waals surface area contributed by atoms with E-state index in [0.717, 1.165) is 11.8 Å². The molecule has 0 aliphatic heterocycles. The first-order chi connectivity index (χ1) is 9.88. The van der Waals surface area contributed by atoms with Gasteiger partial charge in [0.1, 0.15) is 0 Å². The van der Waals surface area contributed by atoms with Crippen LogP contribution in [0.3, 0.4) is 0 Å². The molecule has 0 saturated heterocycles. The van der Waals surface area contributed by atoms with Crippen LogP contribution in [0.2, 0.25) is 13.1 Å². The van der Waals surface area contributed by atoms with E-state index in [2.05, 4.69) is 69.9 Å². The first kappa shape index (κ1) is 15.1. The molecule has 3 aliphatic carbocycles. The summed E-state index contributed by atoms with van der Waals surface area (Å²) in [6.45, 7) is 12.2. The molecule has 4 rings (SSSR count). The number of hydrogen-bond donors (Lipinski definition) is 0. The van der Waals surface area contributed by atoms with Gasteiger partial charge in [-0.2, -0.15) is 0 Å². The summed E-state index contributed by atoms with van der Waals surface area (Å²) < 4.78 is 0. The quantitative estimate of drug-likeness (QED) is 0.652. The number of benzene rings is 1. The Kier molecular flexibility index (Phi) is 3.68. The molecular formula is C20H30Si.